The molecule has 5 heteroatoms. The number of hydrogen-bond acceptors (Lipinski definition) is 3. The smallest absolute Gasteiger partial charge is 0.261 e. The van der Waals surface area contributed by atoms with Crippen LogP contribution in [-0.2, 0) is 16.1 Å². The molecule has 0 aliphatic heterocycles. The van der Waals surface area contributed by atoms with E-state index in [1.807, 2.05) is 76.2 Å². The van der Waals surface area contributed by atoms with Crippen molar-refractivity contribution in [2.75, 3.05) is 6.61 Å². The molecule has 0 saturated carbocycles. The molecule has 0 saturated heterocycles. The summed E-state index contributed by atoms with van der Waals surface area (Å²) in [4.78, 5) is 27.8. The molecule has 0 aromatic heterocycles. The van der Waals surface area contributed by atoms with E-state index in [-0.39, 0.29) is 30.4 Å². The van der Waals surface area contributed by atoms with Crippen LogP contribution in [0.5, 0.6) is 5.75 Å². The Bertz CT molecular complexity index is 859. The molecule has 168 valence electrons. The molecule has 0 aliphatic rings. The number of amides is 2. The third kappa shape index (κ3) is 7.12. The summed E-state index contributed by atoms with van der Waals surface area (Å²) in [6, 6.07) is 15.2. The predicted molar refractivity (Wildman–Crippen MR) is 125 cm³/mol. The van der Waals surface area contributed by atoms with Crippen LogP contribution >= 0.6 is 0 Å². The van der Waals surface area contributed by atoms with Gasteiger partial charge in [0, 0.05) is 12.6 Å². The SMILES string of the molecule is CC[C@H](C(=O)NC(C)C)N(Cc1ccc(C)cc1)C(=O)COc1ccccc1C(C)C. The lowest BCUT2D eigenvalue weighted by molar-refractivity contribution is -0.143. The van der Waals surface area contributed by atoms with Crippen LogP contribution < -0.4 is 10.1 Å². The molecule has 0 aliphatic carbocycles. The minimum absolute atomic E-state index is 0.00652. The van der Waals surface area contributed by atoms with Gasteiger partial charge in [-0.25, -0.2) is 0 Å². The lowest BCUT2D eigenvalue weighted by Crippen LogP contribution is -2.51. The summed E-state index contributed by atoms with van der Waals surface area (Å²) in [7, 11) is 0. The van der Waals surface area contributed by atoms with Crippen molar-refractivity contribution in [2.24, 2.45) is 0 Å². The van der Waals surface area contributed by atoms with Crippen molar-refractivity contribution in [1.82, 2.24) is 10.2 Å². The molecule has 1 N–H and O–H groups in total. The lowest BCUT2D eigenvalue weighted by atomic mass is 10.0. The third-order valence-electron chi connectivity index (χ3n) is 5.18. The number of nitrogens with zero attached hydrogens (tertiary/aromatic N) is 1. The molecule has 0 fully saturated rings. The number of nitrogens with one attached hydrogen (secondary N) is 1. The first kappa shape index (κ1) is 24.4. The van der Waals surface area contributed by atoms with Gasteiger partial charge >= 0.3 is 0 Å². The summed E-state index contributed by atoms with van der Waals surface area (Å²) in [5, 5.41) is 2.95. The molecule has 0 unspecified atom stereocenters. The second kappa shape index (κ2) is 11.5. The molecule has 1 atom stereocenters. The van der Waals surface area contributed by atoms with Gasteiger partial charge in [-0.2, -0.15) is 0 Å². The molecule has 0 bridgehead atoms. The number of ether oxygens (including phenoxy) is 1. The van der Waals surface area contributed by atoms with Crippen molar-refractivity contribution in [2.45, 2.75) is 72.5 Å². The van der Waals surface area contributed by atoms with Crippen LogP contribution in [0.1, 0.15) is 63.6 Å². The van der Waals surface area contributed by atoms with Crippen LogP contribution in [0, 0.1) is 6.92 Å². The van der Waals surface area contributed by atoms with Crippen LogP contribution in [-0.4, -0.2) is 35.4 Å². The van der Waals surface area contributed by atoms with E-state index in [1.54, 1.807) is 4.90 Å². The highest BCUT2D eigenvalue weighted by Gasteiger charge is 2.29. The normalized spacial score (nSPS) is 12.0. The Morgan fingerprint density at radius 1 is 1.00 bits per heavy atom. The summed E-state index contributed by atoms with van der Waals surface area (Å²) in [6.45, 7) is 12.2. The van der Waals surface area contributed by atoms with Gasteiger partial charge in [0.15, 0.2) is 6.61 Å². The van der Waals surface area contributed by atoms with Crippen LogP contribution in [0.25, 0.3) is 0 Å². The zero-order chi connectivity index (χ0) is 23.0. The number of benzene rings is 2. The summed E-state index contributed by atoms with van der Waals surface area (Å²) in [5.41, 5.74) is 3.20. The predicted octanol–water partition coefficient (Wildman–Crippen LogP) is 4.83. The fraction of sp³-hybridized carbons (Fsp3) is 0.462. The molecule has 2 rings (SSSR count). The number of rotatable bonds is 10. The van der Waals surface area contributed by atoms with Gasteiger partial charge in [0.25, 0.3) is 5.91 Å². The Hall–Kier alpha value is -2.82. The fourth-order valence-corrected chi connectivity index (χ4v) is 3.50. The van der Waals surface area contributed by atoms with E-state index in [9.17, 15) is 9.59 Å². The van der Waals surface area contributed by atoms with Crippen molar-refractivity contribution in [3.05, 3.63) is 65.2 Å². The molecule has 0 spiro atoms. The summed E-state index contributed by atoms with van der Waals surface area (Å²) < 4.78 is 5.93. The van der Waals surface area contributed by atoms with Gasteiger partial charge in [-0.05, 0) is 50.3 Å². The first-order chi connectivity index (χ1) is 14.7. The maximum atomic E-state index is 13.3. The van der Waals surface area contributed by atoms with Gasteiger partial charge in [-0.15, -0.1) is 0 Å². The summed E-state index contributed by atoms with van der Waals surface area (Å²) in [5.74, 6) is 0.654. The van der Waals surface area contributed by atoms with E-state index in [0.29, 0.717) is 18.7 Å². The molecular weight excluding hydrogens is 388 g/mol. The van der Waals surface area contributed by atoms with E-state index in [2.05, 4.69) is 19.2 Å². The molecule has 2 amide bonds. The van der Waals surface area contributed by atoms with Gasteiger partial charge in [0.1, 0.15) is 11.8 Å². The Labute approximate surface area is 186 Å². The third-order valence-corrected chi connectivity index (χ3v) is 5.18. The van der Waals surface area contributed by atoms with Gasteiger partial charge < -0.3 is 15.0 Å². The first-order valence-electron chi connectivity index (χ1n) is 11.1. The highest BCUT2D eigenvalue weighted by molar-refractivity contribution is 5.88. The lowest BCUT2D eigenvalue weighted by Gasteiger charge is -2.31. The molecule has 2 aromatic carbocycles. The summed E-state index contributed by atoms with van der Waals surface area (Å²) >= 11 is 0. The maximum absolute atomic E-state index is 13.3. The molecule has 0 heterocycles. The topological polar surface area (TPSA) is 58.6 Å². The van der Waals surface area contributed by atoms with Gasteiger partial charge in [0.2, 0.25) is 5.91 Å². The Morgan fingerprint density at radius 2 is 1.65 bits per heavy atom. The van der Waals surface area contributed by atoms with Crippen LogP contribution in [0.15, 0.2) is 48.5 Å². The van der Waals surface area contributed by atoms with Crippen LogP contribution in [0.2, 0.25) is 0 Å². The Morgan fingerprint density at radius 3 is 2.23 bits per heavy atom. The van der Waals surface area contributed by atoms with E-state index in [1.165, 1.54) is 0 Å². The molecule has 31 heavy (non-hydrogen) atoms. The van der Waals surface area contributed by atoms with E-state index < -0.39 is 6.04 Å². The van der Waals surface area contributed by atoms with Crippen LogP contribution in [0.4, 0.5) is 0 Å². The zero-order valence-corrected chi connectivity index (χ0v) is 19.6. The second-order valence-corrected chi connectivity index (χ2v) is 8.58. The van der Waals surface area contributed by atoms with Crippen molar-refractivity contribution >= 4 is 11.8 Å². The van der Waals surface area contributed by atoms with Crippen LogP contribution in [0.3, 0.4) is 0 Å². The fourth-order valence-electron chi connectivity index (χ4n) is 3.50. The van der Waals surface area contributed by atoms with Crippen molar-refractivity contribution in [3.8, 4) is 5.75 Å². The zero-order valence-electron chi connectivity index (χ0n) is 19.6. The Kier molecular flexibility index (Phi) is 9.10. The number of para-hydroxylation sites is 1. The highest BCUT2D eigenvalue weighted by atomic mass is 16.5. The molecular formula is C26H36N2O3. The largest absolute Gasteiger partial charge is 0.483 e. The number of aryl methyl sites for hydroxylation is 1. The number of carbonyl (C=O) groups excluding carboxylic acids is 2. The molecule has 2 aromatic rings. The minimum Gasteiger partial charge on any atom is -0.483 e. The van der Waals surface area contributed by atoms with E-state index >= 15 is 0 Å². The van der Waals surface area contributed by atoms with E-state index in [4.69, 9.17) is 4.74 Å². The van der Waals surface area contributed by atoms with Gasteiger partial charge in [0.05, 0.1) is 0 Å². The van der Waals surface area contributed by atoms with Gasteiger partial charge in [-0.1, -0.05) is 68.8 Å². The maximum Gasteiger partial charge on any atom is 0.261 e. The molecule has 5 nitrogen and oxygen atoms in total. The van der Waals surface area contributed by atoms with Crippen molar-refractivity contribution in [1.29, 1.82) is 0 Å². The quantitative estimate of drug-likeness (QED) is 0.594. The average Bonchev–Trinajstić information content (AvgIpc) is 2.72. The number of carbonyl (C=O) groups is 2. The highest BCUT2D eigenvalue weighted by Crippen LogP contribution is 2.26. The van der Waals surface area contributed by atoms with Crippen molar-refractivity contribution in [3.63, 3.8) is 0 Å². The Balaban J connectivity index is 2.24. The monoisotopic (exact) mass is 424 g/mol. The standard InChI is InChI=1S/C26H36N2O3/c1-7-23(26(30)27-19(4)5)28(16-21-14-12-20(6)13-15-21)25(29)17-31-24-11-9-8-10-22(24)18(2)3/h8-15,18-19,23H,7,16-17H2,1-6H3,(H,27,30)/t23-/m1/s1. The minimum atomic E-state index is -0.555. The average molecular weight is 425 g/mol. The van der Waals surface area contributed by atoms with Gasteiger partial charge in [-0.3, -0.25) is 9.59 Å². The van der Waals surface area contributed by atoms with Crippen molar-refractivity contribution < 1.29 is 14.3 Å². The van der Waals surface area contributed by atoms with E-state index in [0.717, 1.165) is 16.7 Å². The summed E-state index contributed by atoms with van der Waals surface area (Å²) in [6.07, 6.45) is 0.527. The molecule has 0 radical (unpaired) electrons. The number of hydrogen-bond donors (Lipinski definition) is 1. The second-order valence-electron chi connectivity index (χ2n) is 8.58. The first-order valence-corrected chi connectivity index (χ1v) is 11.1.